The SMILES string of the molecule is COc1cccc(N2CCN([C@@H](C(=O)NC(N)=O)c3ccccc3)CC2)c1. The molecular weight excluding hydrogens is 344 g/mol. The normalized spacial score (nSPS) is 15.8. The van der Waals surface area contributed by atoms with Crippen LogP contribution in [0.1, 0.15) is 11.6 Å². The van der Waals surface area contributed by atoms with E-state index in [1.165, 1.54) is 0 Å². The third-order valence-electron chi connectivity index (χ3n) is 4.71. The van der Waals surface area contributed by atoms with E-state index in [2.05, 4.69) is 15.1 Å². The van der Waals surface area contributed by atoms with Gasteiger partial charge in [-0.25, -0.2) is 4.79 Å². The molecule has 142 valence electrons. The van der Waals surface area contributed by atoms with Crippen molar-refractivity contribution in [2.24, 2.45) is 5.73 Å². The van der Waals surface area contributed by atoms with Gasteiger partial charge in [-0.1, -0.05) is 36.4 Å². The second-order valence-electron chi connectivity index (χ2n) is 6.39. The molecule has 7 heteroatoms. The van der Waals surface area contributed by atoms with Crippen molar-refractivity contribution in [3.8, 4) is 5.75 Å². The first-order chi connectivity index (χ1) is 13.1. The van der Waals surface area contributed by atoms with Gasteiger partial charge in [-0.2, -0.15) is 0 Å². The molecule has 0 aliphatic carbocycles. The number of carbonyl (C=O) groups excluding carboxylic acids is 2. The fourth-order valence-electron chi connectivity index (χ4n) is 3.40. The number of rotatable bonds is 5. The van der Waals surface area contributed by atoms with Gasteiger partial charge < -0.3 is 15.4 Å². The summed E-state index contributed by atoms with van der Waals surface area (Å²) in [5.74, 6) is 0.418. The Morgan fingerprint density at radius 1 is 1.04 bits per heavy atom. The first-order valence-electron chi connectivity index (χ1n) is 8.87. The molecule has 1 aliphatic rings. The number of primary amides is 1. The molecule has 1 heterocycles. The summed E-state index contributed by atoms with van der Waals surface area (Å²) in [7, 11) is 1.65. The number of piperazine rings is 1. The zero-order valence-electron chi connectivity index (χ0n) is 15.3. The van der Waals surface area contributed by atoms with Crippen LogP contribution in [0.2, 0.25) is 0 Å². The standard InChI is InChI=1S/C20H24N4O3/c1-27-17-9-5-8-16(14-17)23-10-12-24(13-11-23)18(19(25)22-20(21)26)15-6-3-2-4-7-15/h2-9,14,18H,10-13H2,1H3,(H3,21,22,25,26)/t18-/m1/s1. The molecule has 1 saturated heterocycles. The van der Waals surface area contributed by atoms with Crippen molar-refractivity contribution in [1.82, 2.24) is 10.2 Å². The molecule has 1 fully saturated rings. The molecule has 0 saturated carbocycles. The van der Waals surface area contributed by atoms with Gasteiger partial charge in [0.25, 0.3) is 0 Å². The van der Waals surface area contributed by atoms with Crippen LogP contribution in [0.25, 0.3) is 0 Å². The smallest absolute Gasteiger partial charge is 0.318 e. The summed E-state index contributed by atoms with van der Waals surface area (Å²) in [5.41, 5.74) is 7.08. The number of benzene rings is 2. The Morgan fingerprint density at radius 3 is 2.37 bits per heavy atom. The molecule has 0 spiro atoms. The molecule has 1 atom stereocenters. The number of urea groups is 1. The molecule has 2 aromatic carbocycles. The number of hydrogen-bond donors (Lipinski definition) is 2. The van der Waals surface area contributed by atoms with Crippen LogP contribution >= 0.6 is 0 Å². The predicted molar refractivity (Wildman–Crippen MR) is 104 cm³/mol. The molecule has 0 radical (unpaired) electrons. The lowest BCUT2D eigenvalue weighted by atomic mass is 10.0. The molecule has 1 aliphatic heterocycles. The number of amides is 3. The maximum Gasteiger partial charge on any atom is 0.318 e. The van der Waals surface area contributed by atoms with Crippen molar-refractivity contribution in [3.63, 3.8) is 0 Å². The van der Waals surface area contributed by atoms with Crippen LogP contribution in [-0.4, -0.2) is 50.1 Å². The zero-order chi connectivity index (χ0) is 19.2. The molecule has 2 aromatic rings. The highest BCUT2D eigenvalue weighted by atomic mass is 16.5. The lowest BCUT2D eigenvalue weighted by molar-refractivity contribution is -0.125. The number of nitrogens with two attached hydrogens (primary N) is 1. The maximum atomic E-state index is 12.6. The van der Waals surface area contributed by atoms with Crippen LogP contribution in [0.5, 0.6) is 5.75 Å². The highest BCUT2D eigenvalue weighted by Gasteiger charge is 2.31. The molecule has 0 aromatic heterocycles. The summed E-state index contributed by atoms with van der Waals surface area (Å²) in [6, 6.07) is 16.0. The van der Waals surface area contributed by atoms with Crippen molar-refractivity contribution >= 4 is 17.6 Å². The highest BCUT2D eigenvalue weighted by Crippen LogP contribution is 2.26. The molecule has 0 bridgehead atoms. The van der Waals surface area contributed by atoms with Crippen molar-refractivity contribution < 1.29 is 14.3 Å². The fraction of sp³-hybridized carbons (Fsp3) is 0.300. The molecular formula is C20H24N4O3. The van der Waals surface area contributed by atoms with E-state index in [1.54, 1.807) is 7.11 Å². The van der Waals surface area contributed by atoms with E-state index in [9.17, 15) is 9.59 Å². The third kappa shape index (κ3) is 4.57. The Balaban J connectivity index is 1.74. The second kappa shape index (κ2) is 8.55. The largest absolute Gasteiger partial charge is 0.497 e. The van der Waals surface area contributed by atoms with Gasteiger partial charge in [0.15, 0.2) is 0 Å². The summed E-state index contributed by atoms with van der Waals surface area (Å²) in [6.07, 6.45) is 0. The van der Waals surface area contributed by atoms with Gasteiger partial charge in [0.1, 0.15) is 11.8 Å². The Kier molecular flexibility index (Phi) is 5.93. The summed E-state index contributed by atoms with van der Waals surface area (Å²) in [5, 5.41) is 2.22. The summed E-state index contributed by atoms with van der Waals surface area (Å²) >= 11 is 0. The number of methoxy groups -OCH3 is 1. The van der Waals surface area contributed by atoms with Crippen LogP contribution in [0.4, 0.5) is 10.5 Å². The maximum absolute atomic E-state index is 12.6. The molecule has 3 N–H and O–H groups in total. The number of carbonyl (C=O) groups is 2. The molecule has 3 amide bonds. The average Bonchev–Trinajstić information content (AvgIpc) is 2.69. The van der Waals surface area contributed by atoms with Crippen LogP contribution in [0, 0.1) is 0 Å². The quantitative estimate of drug-likeness (QED) is 0.840. The van der Waals surface area contributed by atoms with Gasteiger partial charge in [0.2, 0.25) is 5.91 Å². The molecule has 3 rings (SSSR count). The van der Waals surface area contributed by atoms with E-state index >= 15 is 0 Å². The molecule has 7 nitrogen and oxygen atoms in total. The highest BCUT2D eigenvalue weighted by molar-refractivity contribution is 5.96. The summed E-state index contributed by atoms with van der Waals surface area (Å²) in [4.78, 5) is 28.1. The number of nitrogens with zero attached hydrogens (tertiary/aromatic N) is 2. The topological polar surface area (TPSA) is 87.9 Å². The van der Waals surface area contributed by atoms with Gasteiger partial charge in [0.05, 0.1) is 7.11 Å². The minimum Gasteiger partial charge on any atom is -0.497 e. The van der Waals surface area contributed by atoms with E-state index < -0.39 is 18.0 Å². The van der Waals surface area contributed by atoms with Crippen molar-refractivity contribution in [1.29, 1.82) is 0 Å². The molecule has 0 unspecified atom stereocenters. The Hall–Kier alpha value is -3.06. The summed E-state index contributed by atoms with van der Waals surface area (Å²) in [6.45, 7) is 2.90. The van der Waals surface area contributed by atoms with E-state index in [-0.39, 0.29) is 0 Å². The number of anilines is 1. The number of nitrogens with one attached hydrogen (secondary N) is 1. The molecule has 27 heavy (non-hydrogen) atoms. The third-order valence-corrected chi connectivity index (χ3v) is 4.71. The van der Waals surface area contributed by atoms with E-state index in [4.69, 9.17) is 10.5 Å². The lowest BCUT2D eigenvalue weighted by Crippen LogP contribution is -2.52. The predicted octanol–water partition coefficient (Wildman–Crippen LogP) is 1.75. The van der Waals surface area contributed by atoms with Gasteiger partial charge in [-0.15, -0.1) is 0 Å². The number of imide groups is 1. The van der Waals surface area contributed by atoms with Crippen molar-refractivity contribution in [3.05, 3.63) is 60.2 Å². The Morgan fingerprint density at radius 2 is 1.74 bits per heavy atom. The van der Waals surface area contributed by atoms with E-state index in [0.717, 1.165) is 30.1 Å². The number of hydrogen-bond acceptors (Lipinski definition) is 5. The van der Waals surface area contributed by atoms with Gasteiger partial charge in [-0.05, 0) is 17.7 Å². The van der Waals surface area contributed by atoms with Crippen molar-refractivity contribution in [2.45, 2.75) is 6.04 Å². The van der Waals surface area contributed by atoms with E-state index in [1.807, 2.05) is 54.6 Å². The van der Waals surface area contributed by atoms with Gasteiger partial charge in [0, 0.05) is 37.9 Å². The van der Waals surface area contributed by atoms with Crippen LogP contribution in [0.15, 0.2) is 54.6 Å². The zero-order valence-corrected chi connectivity index (χ0v) is 15.3. The first kappa shape index (κ1) is 18.7. The monoisotopic (exact) mass is 368 g/mol. The lowest BCUT2D eigenvalue weighted by Gasteiger charge is -2.39. The van der Waals surface area contributed by atoms with E-state index in [0.29, 0.717) is 13.1 Å². The fourth-order valence-corrected chi connectivity index (χ4v) is 3.40. The number of ether oxygens (including phenoxy) is 1. The first-order valence-corrected chi connectivity index (χ1v) is 8.87. The summed E-state index contributed by atoms with van der Waals surface area (Å²) < 4.78 is 5.30. The Labute approximate surface area is 158 Å². The van der Waals surface area contributed by atoms with Gasteiger partial charge >= 0.3 is 6.03 Å². The van der Waals surface area contributed by atoms with Gasteiger partial charge in [-0.3, -0.25) is 15.0 Å². The second-order valence-corrected chi connectivity index (χ2v) is 6.39. The van der Waals surface area contributed by atoms with Crippen molar-refractivity contribution in [2.75, 3.05) is 38.2 Å². The minimum atomic E-state index is -0.837. The van der Waals surface area contributed by atoms with Crippen LogP contribution in [-0.2, 0) is 4.79 Å². The average molecular weight is 368 g/mol. The van der Waals surface area contributed by atoms with Crippen LogP contribution in [0.3, 0.4) is 0 Å². The van der Waals surface area contributed by atoms with Crippen LogP contribution < -0.4 is 20.7 Å². The minimum absolute atomic E-state index is 0.400. The Bertz CT molecular complexity index is 789.